The number of carbonyl (C=O) groups excluding carboxylic acids is 5. The highest BCUT2D eigenvalue weighted by atomic mass is 32.2. The predicted molar refractivity (Wildman–Crippen MR) is 201 cm³/mol. The first-order valence-corrected chi connectivity index (χ1v) is 21.0. The molecule has 5 atom stereocenters. The van der Waals surface area contributed by atoms with E-state index in [-0.39, 0.29) is 49.7 Å². The summed E-state index contributed by atoms with van der Waals surface area (Å²) in [4.78, 5) is 70.9. The Bertz CT molecular complexity index is 1580. The summed E-state index contributed by atoms with van der Waals surface area (Å²) in [5.74, 6) is -2.73. The smallest absolute Gasteiger partial charge is 0.315 e. The lowest BCUT2D eigenvalue weighted by molar-refractivity contribution is -0.144. The molecular formula is C37H58N6O7S2. The summed E-state index contributed by atoms with van der Waals surface area (Å²) in [5, 5.41) is 13.1. The van der Waals surface area contributed by atoms with Crippen LogP contribution in [0.25, 0.3) is 0 Å². The van der Waals surface area contributed by atoms with Crippen molar-refractivity contribution >= 4 is 50.9 Å². The van der Waals surface area contributed by atoms with Crippen molar-refractivity contribution in [2.45, 2.75) is 129 Å². The number of hydrogen-bond donors (Lipinski definition) is 4. The molecule has 1 saturated carbocycles. The van der Waals surface area contributed by atoms with Gasteiger partial charge in [-0.05, 0) is 60.3 Å². The maximum atomic E-state index is 14.7. The molecule has 4 N–H and O–H groups in total. The van der Waals surface area contributed by atoms with Gasteiger partial charge in [-0.2, -0.15) is 4.31 Å². The third-order valence-electron chi connectivity index (χ3n) is 10.7. The number of amides is 5. The number of fused-ring (bicyclic) bond motifs is 1. The molecule has 2 fully saturated rings. The molecule has 1 aromatic heterocycles. The van der Waals surface area contributed by atoms with Gasteiger partial charge >= 0.3 is 6.03 Å². The second kappa shape index (κ2) is 17.7. The molecule has 0 aromatic carbocycles. The van der Waals surface area contributed by atoms with Gasteiger partial charge in [-0.3, -0.25) is 19.2 Å². The largest absolute Gasteiger partial charge is 0.346 e. The summed E-state index contributed by atoms with van der Waals surface area (Å²) < 4.78 is 27.9. The van der Waals surface area contributed by atoms with Crippen molar-refractivity contribution in [2.75, 3.05) is 19.6 Å². The van der Waals surface area contributed by atoms with Gasteiger partial charge in [-0.15, -0.1) is 17.9 Å². The van der Waals surface area contributed by atoms with E-state index in [1.807, 2.05) is 41.5 Å². The predicted octanol–water partition coefficient (Wildman–Crippen LogP) is 3.94. The maximum absolute atomic E-state index is 14.7. The van der Waals surface area contributed by atoms with Crippen LogP contribution in [0.3, 0.4) is 0 Å². The number of thiophene rings is 1. The first-order chi connectivity index (χ1) is 24.5. The zero-order chi connectivity index (χ0) is 38.4. The van der Waals surface area contributed by atoms with Crippen LogP contribution in [0.15, 0.2) is 29.0 Å². The van der Waals surface area contributed by atoms with Crippen molar-refractivity contribution in [2.24, 2.45) is 23.2 Å². The highest BCUT2D eigenvalue weighted by Gasteiger charge is 2.47. The number of Topliss-reactive ketones (excluding diaryl/α,β-unsaturated/α-hetero) is 1. The van der Waals surface area contributed by atoms with Crippen LogP contribution in [0.5, 0.6) is 0 Å². The van der Waals surface area contributed by atoms with E-state index >= 15 is 0 Å². The standard InChI is InChI=1S/C37H58N6O7S2/c1-8-13-26(32(44)34(46)38-18-9-2)39-33(45)31-25(23(3)4)16-19-43(31)35(47)30(24-14-11-10-12-15-24)41-36(48)40-29(37(5,6)7)22-42-21-27-28(17-20-51-27)52(42,49)50/h9,17,20,23-26,29-31H,2,8,10-16,18-19,21-22H2,1,3-7H3,(H,38,46)(H,39,45)(H2,40,41,48)/t25-,26?,29-,30+,31+/m1/s1. The molecule has 3 aliphatic rings. The van der Waals surface area contributed by atoms with Crippen molar-refractivity contribution < 1.29 is 32.4 Å². The number of urea groups is 1. The zero-order valence-electron chi connectivity index (χ0n) is 31.5. The minimum Gasteiger partial charge on any atom is -0.346 e. The van der Waals surface area contributed by atoms with Crippen LogP contribution in [0, 0.1) is 23.2 Å². The van der Waals surface area contributed by atoms with Gasteiger partial charge in [-0.1, -0.05) is 73.3 Å². The highest BCUT2D eigenvalue weighted by molar-refractivity contribution is 7.89. The molecule has 1 aliphatic carbocycles. The average Bonchev–Trinajstić information content (AvgIpc) is 3.81. The topological polar surface area (TPSA) is 174 Å². The van der Waals surface area contributed by atoms with Crippen molar-refractivity contribution in [1.82, 2.24) is 30.5 Å². The van der Waals surface area contributed by atoms with Gasteiger partial charge in [0.1, 0.15) is 12.1 Å². The van der Waals surface area contributed by atoms with Crippen LogP contribution < -0.4 is 21.3 Å². The number of rotatable bonds is 15. The second-order valence-corrected chi connectivity index (χ2v) is 18.7. The number of sulfonamides is 1. The molecule has 290 valence electrons. The van der Waals surface area contributed by atoms with Gasteiger partial charge in [-0.25, -0.2) is 13.2 Å². The number of ketones is 1. The summed E-state index contributed by atoms with van der Waals surface area (Å²) in [6.07, 6.45) is 7.15. The fourth-order valence-electron chi connectivity index (χ4n) is 7.65. The van der Waals surface area contributed by atoms with Gasteiger partial charge in [0, 0.05) is 37.1 Å². The number of nitrogens with zero attached hydrogens (tertiary/aromatic N) is 2. The quantitative estimate of drug-likeness (QED) is 0.155. The molecule has 0 bridgehead atoms. The molecule has 4 rings (SSSR count). The molecule has 0 spiro atoms. The molecule has 0 radical (unpaired) electrons. The number of hydrogen-bond acceptors (Lipinski definition) is 8. The molecule has 15 heteroatoms. The van der Waals surface area contributed by atoms with Gasteiger partial charge in [0.25, 0.3) is 5.91 Å². The molecule has 5 amide bonds. The van der Waals surface area contributed by atoms with E-state index in [0.717, 1.165) is 37.0 Å². The molecule has 1 unspecified atom stereocenters. The van der Waals surface area contributed by atoms with E-state index in [2.05, 4.69) is 27.8 Å². The van der Waals surface area contributed by atoms with Crippen LogP contribution in [0.4, 0.5) is 4.79 Å². The lowest BCUT2D eigenvalue weighted by Gasteiger charge is -2.37. The Morgan fingerprint density at radius 3 is 2.33 bits per heavy atom. The van der Waals surface area contributed by atoms with E-state index in [4.69, 9.17) is 0 Å². The summed E-state index contributed by atoms with van der Waals surface area (Å²) in [6, 6.07) is -2.40. The van der Waals surface area contributed by atoms with Crippen LogP contribution in [-0.2, 0) is 35.7 Å². The third kappa shape index (κ3) is 9.62. The summed E-state index contributed by atoms with van der Waals surface area (Å²) in [6.45, 7) is 15.9. The molecule has 1 aromatic rings. The van der Waals surface area contributed by atoms with E-state index in [1.165, 1.54) is 21.7 Å². The minimum atomic E-state index is -3.69. The summed E-state index contributed by atoms with van der Waals surface area (Å²) >= 11 is 1.39. The first kappa shape index (κ1) is 41.5. The Labute approximate surface area is 313 Å². The third-order valence-corrected chi connectivity index (χ3v) is 13.7. The summed E-state index contributed by atoms with van der Waals surface area (Å²) in [5.41, 5.74) is -0.523. The fourth-order valence-corrected chi connectivity index (χ4v) is 10.6. The van der Waals surface area contributed by atoms with Crippen LogP contribution >= 0.6 is 11.3 Å². The number of nitrogens with one attached hydrogen (secondary N) is 4. The molecule has 2 aliphatic heterocycles. The SMILES string of the molecule is C=CCNC(=O)C(=O)C(CCC)NC(=O)[C@@H]1[C@@H](C(C)C)CCN1C(=O)[C@@H](NC(=O)N[C@H](CN1Cc2sccc2S1(=O)=O)C(C)(C)C)C1CCCCC1. The van der Waals surface area contributed by atoms with E-state index in [9.17, 15) is 32.4 Å². The normalized spacial score (nSPS) is 22.2. The fraction of sp³-hybridized carbons (Fsp3) is 0.703. The number of carbonyl (C=O) groups is 5. The van der Waals surface area contributed by atoms with Crippen LogP contribution in [0.1, 0.15) is 97.8 Å². The Morgan fingerprint density at radius 1 is 1.04 bits per heavy atom. The van der Waals surface area contributed by atoms with Crippen molar-refractivity contribution in [1.29, 1.82) is 0 Å². The lowest BCUT2D eigenvalue weighted by atomic mass is 9.82. The molecule has 52 heavy (non-hydrogen) atoms. The first-order valence-electron chi connectivity index (χ1n) is 18.7. The Balaban J connectivity index is 1.55. The second-order valence-electron chi connectivity index (χ2n) is 15.8. The Morgan fingerprint density at radius 2 is 1.73 bits per heavy atom. The van der Waals surface area contributed by atoms with Crippen LogP contribution in [-0.4, -0.2) is 91.0 Å². The van der Waals surface area contributed by atoms with E-state index in [0.29, 0.717) is 24.3 Å². The molecule has 13 nitrogen and oxygen atoms in total. The molecular weight excluding hydrogens is 705 g/mol. The minimum absolute atomic E-state index is 0.0355. The van der Waals surface area contributed by atoms with Crippen molar-refractivity contribution in [3.8, 4) is 0 Å². The Kier molecular flexibility index (Phi) is 14.1. The van der Waals surface area contributed by atoms with Gasteiger partial charge in [0.05, 0.1) is 10.9 Å². The molecule has 3 heterocycles. The lowest BCUT2D eigenvalue weighted by Crippen LogP contribution is -2.61. The monoisotopic (exact) mass is 762 g/mol. The summed E-state index contributed by atoms with van der Waals surface area (Å²) in [7, 11) is -3.69. The van der Waals surface area contributed by atoms with Gasteiger partial charge < -0.3 is 26.2 Å². The van der Waals surface area contributed by atoms with E-state index < -0.39 is 63.2 Å². The van der Waals surface area contributed by atoms with Gasteiger partial charge in [0.15, 0.2) is 0 Å². The van der Waals surface area contributed by atoms with Crippen molar-refractivity contribution in [3.05, 3.63) is 29.0 Å². The molecule has 1 saturated heterocycles. The number of likely N-dealkylation sites (tertiary alicyclic amines) is 1. The maximum Gasteiger partial charge on any atom is 0.315 e. The van der Waals surface area contributed by atoms with Crippen molar-refractivity contribution in [3.63, 3.8) is 0 Å². The Hall–Kier alpha value is -3.30. The van der Waals surface area contributed by atoms with Gasteiger partial charge in [0.2, 0.25) is 27.6 Å². The van der Waals surface area contributed by atoms with E-state index in [1.54, 1.807) is 16.3 Å². The zero-order valence-corrected chi connectivity index (χ0v) is 33.2. The highest BCUT2D eigenvalue weighted by Crippen LogP contribution is 2.36. The van der Waals surface area contributed by atoms with Crippen LogP contribution in [0.2, 0.25) is 0 Å². The average molecular weight is 763 g/mol.